The van der Waals surface area contributed by atoms with E-state index in [1.165, 1.54) is 0 Å². The number of rotatable bonds is 0. The van der Waals surface area contributed by atoms with Crippen LogP contribution in [-0.4, -0.2) is 14.2 Å². The van der Waals surface area contributed by atoms with Gasteiger partial charge in [-0.1, -0.05) is 12.1 Å². The average Bonchev–Trinajstić information content (AvgIpc) is 2.39. The van der Waals surface area contributed by atoms with E-state index in [-0.39, 0.29) is 5.75 Å². The highest BCUT2D eigenvalue weighted by Gasteiger charge is 2.17. The van der Waals surface area contributed by atoms with Gasteiger partial charge in [0.25, 0.3) is 0 Å². The number of hydrogen-bond acceptors (Lipinski definition) is 4. The predicted octanol–water partition coefficient (Wildman–Crippen LogP) is -0.165. The Hall–Kier alpha value is -0.910. The van der Waals surface area contributed by atoms with Gasteiger partial charge in [-0.2, -0.15) is 0 Å². The summed E-state index contributed by atoms with van der Waals surface area (Å²) in [7, 11) is -2.95. The molecule has 1 aromatic rings. The molecule has 0 unspecified atom stereocenters. The predicted molar refractivity (Wildman–Crippen MR) is 50.6 cm³/mol. The maximum Gasteiger partial charge on any atom is 0.178 e. The third-order valence-corrected chi connectivity index (χ3v) is 3.67. The first-order valence-corrected chi connectivity index (χ1v) is 5.49. The first-order valence-electron chi connectivity index (χ1n) is 3.83. The van der Waals surface area contributed by atoms with Crippen molar-refractivity contribution in [2.24, 2.45) is 11.7 Å². The summed E-state index contributed by atoms with van der Waals surface area (Å²) in [4.78, 5) is 0.457. The Balaban J connectivity index is 0.000000396. The number of nitrogens with two attached hydrogens (primary N) is 2. The Morgan fingerprint density at radius 1 is 1.08 bits per heavy atom. The monoisotopic (exact) mass is 200 g/mol. The van der Waals surface area contributed by atoms with Gasteiger partial charge in [-0.3, -0.25) is 11.7 Å². The summed E-state index contributed by atoms with van der Waals surface area (Å²) >= 11 is 0. The van der Waals surface area contributed by atoms with E-state index in [0.29, 0.717) is 11.3 Å². The summed E-state index contributed by atoms with van der Waals surface area (Å²) in [6.45, 7) is 0. The summed E-state index contributed by atoms with van der Waals surface area (Å²) in [5.74, 6) is 8.26. The first-order chi connectivity index (χ1) is 6.18. The molecule has 2 bridgehead atoms. The van der Waals surface area contributed by atoms with Crippen molar-refractivity contribution in [3.8, 4) is 0 Å². The van der Waals surface area contributed by atoms with Crippen molar-refractivity contribution in [3.05, 3.63) is 29.8 Å². The summed E-state index contributed by atoms with van der Waals surface area (Å²) in [5, 5.41) is 0. The molecule has 2 aliphatic rings. The Morgan fingerprint density at radius 3 is 2.15 bits per heavy atom. The van der Waals surface area contributed by atoms with Gasteiger partial charge in [0.2, 0.25) is 0 Å². The highest BCUT2D eigenvalue weighted by atomic mass is 32.2. The third kappa shape index (κ3) is 2.06. The smallest absolute Gasteiger partial charge is 0.178 e. The molecule has 0 saturated heterocycles. The lowest BCUT2D eigenvalue weighted by molar-refractivity contribution is 0.596. The SMILES string of the molecule is NN.O=S1(=O)CCc2ccc1cc2. The maximum absolute atomic E-state index is 11.3. The van der Waals surface area contributed by atoms with E-state index in [0.717, 1.165) is 5.56 Å². The van der Waals surface area contributed by atoms with Gasteiger partial charge >= 0.3 is 0 Å². The van der Waals surface area contributed by atoms with Crippen LogP contribution in [0.1, 0.15) is 5.56 Å². The first kappa shape index (κ1) is 10.2. The van der Waals surface area contributed by atoms with Crippen LogP contribution in [0.3, 0.4) is 0 Å². The van der Waals surface area contributed by atoms with E-state index in [4.69, 9.17) is 0 Å². The molecule has 0 radical (unpaired) electrons. The zero-order chi connectivity index (χ0) is 9.90. The minimum atomic E-state index is -2.95. The van der Waals surface area contributed by atoms with E-state index in [9.17, 15) is 8.42 Å². The molecule has 3 rings (SSSR count). The summed E-state index contributed by atoms with van der Waals surface area (Å²) in [6.07, 6.45) is 0.652. The van der Waals surface area contributed by atoms with Crippen molar-refractivity contribution in [1.29, 1.82) is 0 Å². The lowest BCUT2D eigenvalue weighted by atomic mass is 10.2. The Morgan fingerprint density at radius 2 is 1.62 bits per heavy atom. The quantitative estimate of drug-likeness (QED) is 0.450. The van der Waals surface area contributed by atoms with Gasteiger partial charge in [0.1, 0.15) is 0 Å². The third-order valence-electron chi connectivity index (χ3n) is 1.94. The van der Waals surface area contributed by atoms with Gasteiger partial charge in [-0.05, 0) is 24.1 Å². The Labute approximate surface area is 77.4 Å². The van der Waals surface area contributed by atoms with Crippen LogP contribution in [0.4, 0.5) is 0 Å². The number of fused-ring (bicyclic) bond motifs is 4. The lowest BCUT2D eigenvalue weighted by Gasteiger charge is -1.94. The molecule has 4 N–H and O–H groups in total. The molecule has 72 valence electrons. The molecule has 0 fully saturated rings. The van der Waals surface area contributed by atoms with Crippen LogP contribution < -0.4 is 11.7 Å². The van der Waals surface area contributed by atoms with Crippen LogP contribution in [0.5, 0.6) is 0 Å². The fourth-order valence-electron chi connectivity index (χ4n) is 1.23. The van der Waals surface area contributed by atoms with E-state index in [2.05, 4.69) is 11.7 Å². The molecular formula is C8H12N2O2S. The van der Waals surface area contributed by atoms with E-state index in [1.807, 2.05) is 12.1 Å². The highest BCUT2D eigenvalue weighted by molar-refractivity contribution is 7.91. The fraction of sp³-hybridized carbons (Fsp3) is 0.250. The summed E-state index contributed by atoms with van der Waals surface area (Å²) in [6, 6.07) is 7.11. The molecule has 2 heterocycles. The van der Waals surface area contributed by atoms with Gasteiger partial charge in [0, 0.05) is 0 Å². The van der Waals surface area contributed by atoms with E-state index in [1.54, 1.807) is 12.1 Å². The largest absolute Gasteiger partial charge is 0.274 e. The van der Waals surface area contributed by atoms with Crippen molar-refractivity contribution in [1.82, 2.24) is 0 Å². The normalized spacial score (nSPS) is 17.1. The van der Waals surface area contributed by atoms with Crippen molar-refractivity contribution < 1.29 is 8.42 Å². The second kappa shape index (κ2) is 3.87. The molecule has 5 heteroatoms. The second-order valence-corrected chi connectivity index (χ2v) is 4.82. The maximum atomic E-state index is 11.3. The second-order valence-electron chi connectivity index (χ2n) is 2.71. The average molecular weight is 200 g/mol. The van der Waals surface area contributed by atoms with Gasteiger partial charge in [-0.15, -0.1) is 0 Å². The van der Waals surface area contributed by atoms with Crippen molar-refractivity contribution in [2.45, 2.75) is 11.3 Å². The molecule has 0 spiro atoms. The molecular weight excluding hydrogens is 188 g/mol. The van der Waals surface area contributed by atoms with Crippen LogP contribution >= 0.6 is 0 Å². The molecule has 0 saturated carbocycles. The molecule has 0 atom stereocenters. The Bertz CT molecular complexity index is 370. The topological polar surface area (TPSA) is 86.2 Å². The number of hydrazine groups is 1. The highest BCUT2D eigenvalue weighted by Crippen LogP contribution is 2.18. The molecule has 4 nitrogen and oxygen atoms in total. The fourth-order valence-corrected chi connectivity index (χ4v) is 2.52. The van der Waals surface area contributed by atoms with Gasteiger partial charge in [0.05, 0.1) is 10.6 Å². The van der Waals surface area contributed by atoms with Crippen molar-refractivity contribution >= 4 is 9.84 Å². The molecule has 1 aromatic carbocycles. The Kier molecular flexibility index (Phi) is 3.02. The minimum Gasteiger partial charge on any atom is -0.274 e. The van der Waals surface area contributed by atoms with Gasteiger partial charge < -0.3 is 0 Å². The van der Waals surface area contributed by atoms with Gasteiger partial charge in [0.15, 0.2) is 9.84 Å². The summed E-state index contributed by atoms with van der Waals surface area (Å²) < 4.78 is 22.6. The van der Waals surface area contributed by atoms with Crippen LogP contribution in [0.25, 0.3) is 0 Å². The molecule has 2 aliphatic heterocycles. The number of sulfone groups is 1. The molecule has 0 amide bonds. The van der Waals surface area contributed by atoms with Crippen LogP contribution in [0.2, 0.25) is 0 Å². The van der Waals surface area contributed by atoms with Crippen LogP contribution in [0.15, 0.2) is 29.2 Å². The van der Waals surface area contributed by atoms with Crippen molar-refractivity contribution in [3.63, 3.8) is 0 Å². The van der Waals surface area contributed by atoms with Gasteiger partial charge in [-0.25, -0.2) is 8.42 Å². The summed E-state index contributed by atoms with van der Waals surface area (Å²) in [5.41, 5.74) is 1.11. The zero-order valence-corrected chi connectivity index (χ0v) is 7.92. The molecule has 0 aliphatic carbocycles. The van der Waals surface area contributed by atoms with E-state index >= 15 is 0 Å². The minimum absolute atomic E-state index is 0.262. The number of hydrogen-bond donors (Lipinski definition) is 2. The molecule has 13 heavy (non-hydrogen) atoms. The molecule has 0 aromatic heterocycles. The standard InChI is InChI=1S/C8H8O2S.H4N2/c9-11(10)6-5-7-1-3-8(11)4-2-7;1-2/h1-4H,5-6H2;1-2H2. The van der Waals surface area contributed by atoms with Crippen LogP contribution in [0, 0.1) is 0 Å². The lowest BCUT2D eigenvalue weighted by Crippen LogP contribution is -2.04. The number of benzene rings is 1. The zero-order valence-electron chi connectivity index (χ0n) is 7.10. The number of aryl methyl sites for hydroxylation is 1. The van der Waals surface area contributed by atoms with Crippen LogP contribution in [-0.2, 0) is 16.3 Å². The van der Waals surface area contributed by atoms with Crippen molar-refractivity contribution in [2.75, 3.05) is 5.75 Å². The van der Waals surface area contributed by atoms with E-state index < -0.39 is 9.84 Å².